The maximum absolute atomic E-state index is 12.4. The van der Waals surface area contributed by atoms with Crippen LogP contribution in [0, 0.1) is 0 Å². The molecule has 0 saturated carbocycles. The number of sulfonamides is 1. The molecule has 0 aromatic heterocycles. The number of hydrogen-bond donors (Lipinski definition) is 0. The van der Waals surface area contributed by atoms with Gasteiger partial charge < -0.3 is 9.64 Å². The third-order valence-corrected chi connectivity index (χ3v) is 6.25. The molecule has 1 aromatic carbocycles. The number of carbonyl (C=O) groups is 2. The van der Waals surface area contributed by atoms with Crippen LogP contribution in [0.1, 0.15) is 30.1 Å². The quantitative estimate of drug-likeness (QED) is 0.529. The first-order valence-corrected chi connectivity index (χ1v) is 9.82. The third kappa shape index (κ3) is 4.35. The number of benzene rings is 1. The lowest BCUT2D eigenvalue weighted by atomic mass is 10.2. The molecule has 1 amide bonds. The van der Waals surface area contributed by atoms with Crippen molar-refractivity contribution in [3.05, 3.63) is 28.8 Å². The number of ether oxygens (including phenoxy) is 1. The Morgan fingerprint density at radius 2 is 1.88 bits per heavy atom. The first-order valence-electron chi connectivity index (χ1n) is 8.01. The molecule has 0 radical (unpaired) electrons. The second-order valence-corrected chi connectivity index (χ2v) is 8.13. The zero-order chi connectivity index (χ0) is 19.5. The van der Waals surface area contributed by atoms with Gasteiger partial charge in [0, 0.05) is 20.1 Å². The van der Waals surface area contributed by atoms with Crippen molar-refractivity contribution in [3.63, 3.8) is 0 Å². The van der Waals surface area contributed by atoms with Gasteiger partial charge in [-0.05, 0) is 38.0 Å². The van der Waals surface area contributed by atoms with Crippen LogP contribution in [0.15, 0.2) is 23.1 Å². The number of amides is 1. The highest BCUT2D eigenvalue weighted by Crippen LogP contribution is 2.26. The molecule has 1 saturated heterocycles. The average molecular weight is 405 g/mol. The SMILES string of the molecule is CON(C)S(=O)(=O)c1cc(C(=O)O[C@H](C)C(=O)N2CCCC2)ccc1Cl. The van der Waals surface area contributed by atoms with Gasteiger partial charge in [0.25, 0.3) is 15.9 Å². The Labute approximate surface area is 157 Å². The van der Waals surface area contributed by atoms with Crippen LogP contribution in [-0.4, -0.2) is 63.0 Å². The van der Waals surface area contributed by atoms with E-state index in [1.807, 2.05) is 0 Å². The molecule has 0 unspecified atom stereocenters. The molecule has 1 aliphatic rings. The Hall–Kier alpha value is -1.68. The summed E-state index contributed by atoms with van der Waals surface area (Å²) in [4.78, 5) is 30.6. The van der Waals surface area contributed by atoms with E-state index in [1.165, 1.54) is 33.2 Å². The zero-order valence-corrected chi connectivity index (χ0v) is 16.3. The van der Waals surface area contributed by atoms with Crippen molar-refractivity contribution in [2.45, 2.75) is 30.8 Å². The molecule has 0 spiro atoms. The van der Waals surface area contributed by atoms with Crippen molar-refractivity contribution in [1.82, 2.24) is 9.37 Å². The van der Waals surface area contributed by atoms with Gasteiger partial charge in [0.15, 0.2) is 6.10 Å². The van der Waals surface area contributed by atoms with Crippen molar-refractivity contribution < 1.29 is 27.6 Å². The van der Waals surface area contributed by atoms with Gasteiger partial charge in [-0.25, -0.2) is 13.2 Å². The second-order valence-electron chi connectivity index (χ2n) is 5.82. The largest absolute Gasteiger partial charge is 0.449 e. The number of hydroxylamine groups is 1. The Balaban J connectivity index is 2.19. The van der Waals surface area contributed by atoms with Crippen molar-refractivity contribution in [1.29, 1.82) is 0 Å². The molecule has 2 rings (SSSR count). The first kappa shape index (κ1) is 20.6. The molecule has 1 aromatic rings. The summed E-state index contributed by atoms with van der Waals surface area (Å²) in [5, 5.41) is -0.0633. The maximum atomic E-state index is 12.4. The Bertz CT molecular complexity index is 792. The van der Waals surface area contributed by atoms with Crippen LogP contribution >= 0.6 is 11.6 Å². The van der Waals surface area contributed by atoms with Gasteiger partial charge in [0.05, 0.1) is 17.7 Å². The lowest BCUT2D eigenvalue weighted by Gasteiger charge is -2.20. The fourth-order valence-electron chi connectivity index (χ4n) is 2.54. The molecule has 0 bridgehead atoms. The molecular formula is C16H21ClN2O6S. The van der Waals surface area contributed by atoms with E-state index in [-0.39, 0.29) is 21.4 Å². The highest BCUT2D eigenvalue weighted by atomic mass is 35.5. The summed E-state index contributed by atoms with van der Waals surface area (Å²) in [6.45, 7) is 2.78. The first-order chi connectivity index (χ1) is 12.2. The van der Waals surface area contributed by atoms with Crippen LogP contribution in [0.2, 0.25) is 5.02 Å². The number of hydrogen-bond acceptors (Lipinski definition) is 6. The second kappa shape index (κ2) is 8.34. The van der Waals surface area contributed by atoms with E-state index in [2.05, 4.69) is 0 Å². The molecule has 0 N–H and O–H groups in total. The van der Waals surface area contributed by atoms with E-state index < -0.39 is 22.1 Å². The Kier molecular flexibility index (Phi) is 6.62. The maximum Gasteiger partial charge on any atom is 0.338 e. The third-order valence-electron chi connectivity index (χ3n) is 4.09. The molecule has 1 atom stereocenters. The van der Waals surface area contributed by atoms with Gasteiger partial charge in [0.1, 0.15) is 4.90 Å². The van der Waals surface area contributed by atoms with Crippen LogP contribution in [0.5, 0.6) is 0 Å². The Morgan fingerprint density at radius 1 is 1.27 bits per heavy atom. The smallest absolute Gasteiger partial charge is 0.338 e. The van der Waals surface area contributed by atoms with Crippen molar-refractivity contribution in [2.24, 2.45) is 0 Å². The van der Waals surface area contributed by atoms with Crippen molar-refractivity contribution in [3.8, 4) is 0 Å². The van der Waals surface area contributed by atoms with Gasteiger partial charge >= 0.3 is 5.97 Å². The number of esters is 1. The predicted octanol–water partition coefficient (Wildman–Crippen LogP) is 1.69. The predicted molar refractivity (Wildman–Crippen MR) is 94.1 cm³/mol. The molecule has 1 aliphatic heterocycles. The molecule has 0 aliphatic carbocycles. The minimum Gasteiger partial charge on any atom is -0.449 e. The van der Waals surface area contributed by atoms with Gasteiger partial charge in [-0.2, -0.15) is 0 Å². The molecule has 144 valence electrons. The highest BCUT2D eigenvalue weighted by Gasteiger charge is 2.28. The number of likely N-dealkylation sites (tertiary alicyclic amines) is 1. The van der Waals surface area contributed by atoms with Crippen LogP contribution in [0.25, 0.3) is 0 Å². The van der Waals surface area contributed by atoms with E-state index in [4.69, 9.17) is 21.2 Å². The van der Waals surface area contributed by atoms with E-state index in [1.54, 1.807) is 4.90 Å². The fourth-order valence-corrected chi connectivity index (χ4v) is 4.01. The van der Waals surface area contributed by atoms with Gasteiger partial charge in [-0.3, -0.25) is 9.63 Å². The lowest BCUT2D eigenvalue weighted by Crippen LogP contribution is -2.38. The minimum absolute atomic E-state index is 0.0291. The van der Waals surface area contributed by atoms with E-state index in [0.717, 1.165) is 18.9 Å². The summed E-state index contributed by atoms with van der Waals surface area (Å²) < 4.78 is 30.6. The summed E-state index contributed by atoms with van der Waals surface area (Å²) in [6.07, 6.45) is 0.897. The van der Waals surface area contributed by atoms with Gasteiger partial charge in [-0.1, -0.05) is 16.1 Å². The van der Waals surface area contributed by atoms with E-state index in [0.29, 0.717) is 17.6 Å². The fraction of sp³-hybridized carbons (Fsp3) is 0.500. The standard InChI is InChI=1S/C16H21ClN2O6S/c1-11(15(20)19-8-4-5-9-19)25-16(21)12-6-7-13(17)14(10-12)26(22,23)18(2)24-3/h6-7,10-11H,4-5,8-9H2,1-3H3/t11-/m1/s1. The van der Waals surface area contributed by atoms with Crippen LogP contribution in [0.3, 0.4) is 0 Å². The lowest BCUT2D eigenvalue weighted by molar-refractivity contribution is -0.138. The molecule has 8 nitrogen and oxygen atoms in total. The topological polar surface area (TPSA) is 93.2 Å². The monoisotopic (exact) mass is 404 g/mol. The summed E-state index contributed by atoms with van der Waals surface area (Å²) in [5.74, 6) is -1.07. The molecular weight excluding hydrogens is 384 g/mol. The van der Waals surface area contributed by atoms with E-state index >= 15 is 0 Å². The van der Waals surface area contributed by atoms with E-state index in [9.17, 15) is 18.0 Å². The minimum atomic E-state index is -4.04. The van der Waals surface area contributed by atoms with Gasteiger partial charge in [-0.15, -0.1) is 0 Å². The summed E-state index contributed by atoms with van der Waals surface area (Å²) >= 11 is 5.95. The summed E-state index contributed by atoms with van der Waals surface area (Å²) in [6, 6.07) is 3.72. The van der Waals surface area contributed by atoms with Crippen LogP contribution < -0.4 is 0 Å². The zero-order valence-electron chi connectivity index (χ0n) is 14.8. The van der Waals surface area contributed by atoms with Crippen LogP contribution in [0.4, 0.5) is 0 Å². The molecule has 26 heavy (non-hydrogen) atoms. The van der Waals surface area contributed by atoms with Crippen molar-refractivity contribution in [2.75, 3.05) is 27.2 Å². The molecule has 1 heterocycles. The molecule has 1 fully saturated rings. The summed E-state index contributed by atoms with van der Waals surface area (Å²) in [5.41, 5.74) is -0.0291. The van der Waals surface area contributed by atoms with Crippen molar-refractivity contribution >= 4 is 33.5 Å². The average Bonchev–Trinajstić information content (AvgIpc) is 3.14. The highest BCUT2D eigenvalue weighted by molar-refractivity contribution is 7.89. The van der Waals surface area contributed by atoms with Crippen LogP contribution in [-0.2, 0) is 24.4 Å². The number of rotatable bonds is 6. The number of halogens is 1. The normalized spacial score (nSPS) is 16.0. The Morgan fingerprint density at radius 3 is 2.46 bits per heavy atom. The number of carbonyl (C=O) groups excluding carboxylic acids is 2. The summed E-state index contributed by atoms with van der Waals surface area (Å²) in [7, 11) is -1.65. The number of nitrogens with zero attached hydrogens (tertiary/aromatic N) is 2. The van der Waals surface area contributed by atoms with Gasteiger partial charge in [0.2, 0.25) is 0 Å². The molecule has 10 heteroatoms.